The van der Waals surface area contributed by atoms with Crippen molar-refractivity contribution in [3.05, 3.63) is 12.2 Å². The molecule has 1 rings (SSSR count). The average Bonchev–Trinajstić information content (AvgIpc) is 2.96. The molecule has 0 unspecified atom stereocenters. The van der Waals surface area contributed by atoms with Crippen molar-refractivity contribution in [2.24, 2.45) is 0 Å². The van der Waals surface area contributed by atoms with E-state index in [-0.39, 0.29) is 0 Å². The Morgan fingerprint density at radius 1 is 0.933 bits per heavy atom. The van der Waals surface area contributed by atoms with E-state index in [0.717, 1.165) is 25.7 Å². The molecule has 0 aromatic rings. The summed E-state index contributed by atoms with van der Waals surface area (Å²) in [4.78, 5) is 35.2. The van der Waals surface area contributed by atoms with Crippen molar-refractivity contribution < 1.29 is 29.0 Å². The number of hydrogen-bond acceptors (Lipinski definition) is 6. The molecule has 0 bridgehead atoms. The standard InChI is InChI=1S/C24H40O6/c1-4-5-6-7-8-9-10-11-12-13-14-15-16-22(29-19(2)25)24(28)21(27)17-18-23(24)30-20(3)26/h17-18,22-23,28H,4-16H2,1-3H3/t22-,23+,24+/m1/s1. The summed E-state index contributed by atoms with van der Waals surface area (Å²) in [6.45, 7) is 4.69. The lowest BCUT2D eigenvalue weighted by molar-refractivity contribution is -0.186. The second kappa shape index (κ2) is 14.3. The molecule has 1 N–H and O–H groups in total. The summed E-state index contributed by atoms with van der Waals surface area (Å²) in [5.41, 5.74) is -2.05. The highest BCUT2D eigenvalue weighted by molar-refractivity contribution is 6.01. The minimum atomic E-state index is -2.05. The Hall–Kier alpha value is -1.69. The van der Waals surface area contributed by atoms with E-state index in [9.17, 15) is 19.5 Å². The van der Waals surface area contributed by atoms with E-state index in [2.05, 4.69) is 6.92 Å². The highest BCUT2D eigenvalue weighted by Gasteiger charge is 2.54. The Bertz CT molecular complexity index is 570. The number of ether oxygens (including phenoxy) is 2. The maximum absolute atomic E-state index is 12.3. The Labute approximate surface area is 181 Å². The molecule has 1 aliphatic rings. The van der Waals surface area contributed by atoms with Crippen molar-refractivity contribution in [1.82, 2.24) is 0 Å². The Morgan fingerprint density at radius 2 is 1.43 bits per heavy atom. The van der Waals surface area contributed by atoms with Crippen LogP contribution >= 0.6 is 0 Å². The summed E-state index contributed by atoms with van der Waals surface area (Å²) >= 11 is 0. The first-order valence-corrected chi connectivity index (χ1v) is 11.6. The van der Waals surface area contributed by atoms with Gasteiger partial charge in [-0.15, -0.1) is 0 Å². The summed E-state index contributed by atoms with van der Waals surface area (Å²) in [6, 6.07) is 0. The minimum absolute atomic E-state index is 0.346. The van der Waals surface area contributed by atoms with Crippen molar-refractivity contribution in [1.29, 1.82) is 0 Å². The van der Waals surface area contributed by atoms with Crippen LogP contribution in [0, 0.1) is 0 Å². The number of carbonyl (C=O) groups is 3. The fourth-order valence-corrected chi connectivity index (χ4v) is 3.98. The summed E-state index contributed by atoms with van der Waals surface area (Å²) in [7, 11) is 0. The number of hydrogen-bond donors (Lipinski definition) is 1. The maximum Gasteiger partial charge on any atom is 0.303 e. The lowest BCUT2D eigenvalue weighted by atomic mass is 9.87. The molecule has 0 spiro atoms. The van der Waals surface area contributed by atoms with Gasteiger partial charge in [0.05, 0.1) is 0 Å². The van der Waals surface area contributed by atoms with Crippen LogP contribution in [0.2, 0.25) is 0 Å². The van der Waals surface area contributed by atoms with Gasteiger partial charge in [0.2, 0.25) is 5.60 Å². The van der Waals surface area contributed by atoms with E-state index in [0.29, 0.717) is 6.42 Å². The van der Waals surface area contributed by atoms with Gasteiger partial charge in [-0.3, -0.25) is 14.4 Å². The SMILES string of the molecule is CCCCCCCCCCCCCC[C@@H](OC(C)=O)[C@@]1(O)C(=O)C=C[C@@H]1OC(C)=O. The van der Waals surface area contributed by atoms with Crippen LogP contribution in [-0.2, 0) is 23.9 Å². The summed E-state index contributed by atoms with van der Waals surface area (Å²) in [5.74, 6) is -1.78. The Kier molecular flexibility index (Phi) is 12.6. The molecule has 0 saturated carbocycles. The summed E-state index contributed by atoms with van der Waals surface area (Å²) in [6.07, 6.45) is 15.0. The fourth-order valence-electron chi connectivity index (χ4n) is 3.98. The quantitative estimate of drug-likeness (QED) is 0.282. The predicted octanol–water partition coefficient (Wildman–Crippen LogP) is 4.81. The van der Waals surface area contributed by atoms with Crippen molar-refractivity contribution in [2.45, 2.75) is 122 Å². The van der Waals surface area contributed by atoms with Gasteiger partial charge in [0.1, 0.15) is 6.10 Å². The minimum Gasteiger partial charge on any atom is -0.459 e. The zero-order chi connectivity index (χ0) is 22.4. The van der Waals surface area contributed by atoms with E-state index in [4.69, 9.17) is 9.47 Å². The van der Waals surface area contributed by atoms with Crippen molar-refractivity contribution in [3.63, 3.8) is 0 Å². The molecular weight excluding hydrogens is 384 g/mol. The normalized spacial score (nSPS) is 21.6. The predicted molar refractivity (Wildman–Crippen MR) is 116 cm³/mol. The highest BCUT2D eigenvalue weighted by Crippen LogP contribution is 2.32. The van der Waals surface area contributed by atoms with E-state index >= 15 is 0 Å². The van der Waals surface area contributed by atoms with Crippen LogP contribution in [-0.4, -0.2) is 40.6 Å². The number of carbonyl (C=O) groups excluding carboxylic acids is 3. The van der Waals surface area contributed by atoms with E-state index in [1.165, 1.54) is 77.4 Å². The molecule has 30 heavy (non-hydrogen) atoms. The third-order valence-corrected chi connectivity index (χ3v) is 5.66. The molecule has 0 saturated heterocycles. The average molecular weight is 425 g/mol. The van der Waals surface area contributed by atoms with Crippen LogP contribution in [0.5, 0.6) is 0 Å². The first kappa shape index (κ1) is 26.3. The van der Waals surface area contributed by atoms with Crippen LogP contribution in [0.1, 0.15) is 104 Å². The molecule has 0 amide bonds. The van der Waals surface area contributed by atoms with Gasteiger partial charge in [-0.1, -0.05) is 77.6 Å². The Morgan fingerprint density at radius 3 is 1.90 bits per heavy atom. The van der Waals surface area contributed by atoms with Gasteiger partial charge in [0, 0.05) is 13.8 Å². The van der Waals surface area contributed by atoms with Gasteiger partial charge < -0.3 is 14.6 Å². The van der Waals surface area contributed by atoms with E-state index in [1.54, 1.807) is 0 Å². The molecular formula is C24H40O6. The van der Waals surface area contributed by atoms with Crippen LogP contribution in [0.15, 0.2) is 12.2 Å². The molecule has 0 radical (unpaired) electrons. The second-order valence-electron chi connectivity index (χ2n) is 8.35. The molecule has 1 aliphatic carbocycles. The lowest BCUT2D eigenvalue weighted by Gasteiger charge is -2.34. The summed E-state index contributed by atoms with van der Waals surface area (Å²) < 4.78 is 10.4. The Balaban J connectivity index is 2.36. The van der Waals surface area contributed by atoms with E-state index in [1.807, 2.05) is 0 Å². The van der Waals surface area contributed by atoms with Gasteiger partial charge in [-0.25, -0.2) is 0 Å². The number of unbranched alkanes of at least 4 members (excludes halogenated alkanes) is 11. The first-order valence-electron chi connectivity index (χ1n) is 11.6. The van der Waals surface area contributed by atoms with Crippen LogP contribution in [0.4, 0.5) is 0 Å². The molecule has 0 aromatic heterocycles. The molecule has 6 heteroatoms. The molecule has 3 atom stereocenters. The van der Waals surface area contributed by atoms with Crippen molar-refractivity contribution >= 4 is 17.7 Å². The number of ketones is 1. The molecule has 0 fully saturated rings. The van der Waals surface area contributed by atoms with Crippen LogP contribution in [0.3, 0.4) is 0 Å². The largest absolute Gasteiger partial charge is 0.459 e. The highest BCUT2D eigenvalue weighted by atomic mass is 16.6. The maximum atomic E-state index is 12.3. The molecule has 6 nitrogen and oxygen atoms in total. The lowest BCUT2D eigenvalue weighted by Crippen LogP contribution is -2.56. The molecule has 0 heterocycles. The third-order valence-electron chi connectivity index (χ3n) is 5.66. The number of esters is 2. The first-order chi connectivity index (χ1) is 14.3. The topological polar surface area (TPSA) is 89.9 Å². The molecule has 0 aromatic carbocycles. The molecule has 0 aliphatic heterocycles. The smallest absolute Gasteiger partial charge is 0.303 e. The van der Waals surface area contributed by atoms with Gasteiger partial charge >= 0.3 is 11.9 Å². The van der Waals surface area contributed by atoms with Crippen molar-refractivity contribution in [2.75, 3.05) is 0 Å². The summed E-state index contributed by atoms with van der Waals surface area (Å²) in [5, 5.41) is 11.0. The van der Waals surface area contributed by atoms with Gasteiger partial charge in [0.15, 0.2) is 11.9 Å². The third kappa shape index (κ3) is 8.99. The van der Waals surface area contributed by atoms with Crippen LogP contribution in [0.25, 0.3) is 0 Å². The fraction of sp³-hybridized carbons (Fsp3) is 0.792. The second-order valence-corrected chi connectivity index (χ2v) is 8.35. The monoisotopic (exact) mass is 424 g/mol. The zero-order valence-electron chi connectivity index (χ0n) is 19.0. The number of rotatable bonds is 16. The number of aliphatic hydroxyl groups is 1. The zero-order valence-corrected chi connectivity index (χ0v) is 19.0. The van der Waals surface area contributed by atoms with Crippen LogP contribution < -0.4 is 0 Å². The molecule has 172 valence electrons. The van der Waals surface area contributed by atoms with Gasteiger partial charge in [-0.2, -0.15) is 0 Å². The van der Waals surface area contributed by atoms with Gasteiger partial charge in [-0.05, 0) is 25.0 Å². The van der Waals surface area contributed by atoms with E-state index < -0.39 is 35.5 Å². The van der Waals surface area contributed by atoms with Crippen molar-refractivity contribution in [3.8, 4) is 0 Å². The van der Waals surface area contributed by atoms with Gasteiger partial charge in [0.25, 0.3) is 0 Å².